The van der Waals surface area contributed by atoms with Crippen LogP contribution in [0.1, 0.15) is 43.5 Å². The number of hydrogen-bond acceptors (Lipinski definition) is 5. The molecule has 0 amide bonds. The van der Waals surface area contributed by atoms with Crippen LogP contribution in [0.5, 0.6) is 0 Å². The van der Waals surface area contributed by atoms with Crippen LogP contribution in [0.4, 0.5) is 5.82 Å². The number of likely N-dealkylation sites (N-methyl/N-ethyl adjacent to an activating group) is 1. The molecule has 1 saturated carbocycles. The van der Waals surface area contributed by atoms with E-state index < -0.39 is 0 Å². The minimum atomic E-state index is 0.661. The van der Waals surface area contributed by atoms with Crippen LogP contribution in [-0.4, -0.2) is 37.0 Å². The molecule has 0 unspecified atom stereocenters. The highest BCUT2D eigenvalue weighted by Gasteiger charge is 2.21. The average Bonchev–Trinajstić information content (AvgIpc) is 3.33. The predicted octanol–water partition coefficient (Wildman–Crippen LogP) is 2.34. The lowest BCUT2D eigenvalue weighted by molar-refractivity contribution is 0.130. The Kier molecular flexibility index (Phi) is 5.51. The summed E-state index contributed by atoms with van der Waals surface area (Å²) in [5.41, 5.74) is 2.61. The first-order chi connectivity index (χ1) is 10.2. The number of rotatable bonds is 8. The molecule has 0 radical (unpaired) electrons. The Morgan fingerprint density at radius 3 is 2.62 bits per heavy atom. The molecule has 5 heteroatoms. The van der Waals surface area contributed by atoms with E-state index in [1.807, 2.05) is 18.9 Å². The maximum atomic E-state index is 9.48. The summed E-state index contributed by atoms with van der Waals surface area (Å²) in [5, 5.41) is 18.0. The summed E-state index contributed by atoms with van der Waals surface area (Å²) in [6, 6.07) is 2.30. The monoisotopic (exact) mass is 288 g/mol. The van der Waals surface area contributed by atoms with E-state index in [0.717, 1.165) is 43.2 Å². The average molecular weight is 288 g/mol. The van der Waals surface area contributed by atoms with Crippen molar-refractivity contribution in [1.82, 2.24) is 10.2 Å². The molecule has 1 aliphatic carbocycles. The summed E-state index contributed by atoms with van der Waals surface area (Å²) >= 11 is 0. The minimum Gasteiger partial charge on any atom is -0.379 e. The lowest BCUT2D eigenvalue weighted by Crippen LogP contribution is -2.26. The van der Waals surface area contributed by atoms with Crippen LogP contribution in [0.2, 0.25) is 0 Å². The number of nitrogens with zero attached hydrogens (tertiary/aromatic N) is 4. The smallest absolute Gasteiger partial charge is 0.169 e. The van der Waals surface area contributed by atoms with Gasteiger partial charge in [-0.15, -0.1) is 5.10 Å². The summed E-state index contributed by atoms with van der Waals surface area (Å²) in [7, 11) is 1.94. The summed E-state index contributed by atoms with van der Waals surface area (Å²) in [6.45, 7) is 6.35. The van der Waals surface area contributed by atoms with E-state index in [2.05, 4.69) is 23.2 Å². The predicted molar refractivity (Wildman–Crippen MR) is 82.3 cm³/mol. The molecular weight excluding hydrogens is 264 g/mol. The van der Waals surface area contributed by atoms with Gasteiger partial charge in [0.2, 0.25) is 0 Å². The zero-order chi connectivity index (χ0) is 15.2. The largest absolute Gasteiger partial charge is 0.379 e. The van der Waals surface area contributed by atoms with Crippen molar-refractivity contribution in [1.29, 1.82) is 5.26 Å². The van der Waals surface area contributed by atoms with Gasteiger partial charge >= 0.3 is 0 Å². The Morgan fingerprint density at radius 1 is 1.29 bits per heavy atom. The van der Waals surface area contributed by atoms with Crippen molar-refractivity contribution in [2.75, 3.05) is 31.7 Å². The Labute approximate surface area is 126 Å². The van der Waals surface area contributed by atoms with E-state index in [9.17, 15) is 5.26 Å². The maximum absolute atomic E-state index is 9.48. The van der Waals surface area contributed by atoms with E-state index >= 15 is 0 Å². The Balaban J connectivity index is 2.04. The van der Waals surface area contributed by atoms with E-state index in [0.29, 0.717) is 18.0 Å². The molecule has 2 rings (SSSR count). The van der Waals surface area contributed by atoms with Crippen molar-refractivity contribution >= 4 is 5.82 Å². The van der Waals surface area contributed by atoms with Gasteiger partial charge in [-0.05, 0) is 37.2 Å². The van der Waals surface area contributed by atoms with E-state index in [4.69, 9.17) is 4.74 Å². The molecule has 1 heterocycles. The van der Waals surface area contributed by atoms with Crippen LogP contribution in [0.25, 0.3) is 0 Å². The Hall–Kier alpha value is -1.67. The number of aryl methyl sites for hydroxylation is 1. The van der Waals surface area contributed by atoms with Crippen molar-refractivity contribution < 1.29 is 4.74 Å². The molecule has 1 aliphatic rings. The molecule has 0 bridgehead atoms. The lowest BCUT2D eigenvalue weighted by atomic mass is 10.0. The first-order valence-electron chi connectivity index (χ1n) is 7.78. The van der Waals surface area contributed by atoms with Crippen molar-refractivity contribution in [2.45, 2.75) is 39.5 Å². The molecule has 1 aromatic heterocycles. The highest BCUT2D eigenvalue weighted by atomic mass is 16.5. The molecule has 5 nitrogen and oxygen atoms in total. The van der Waals surface area contributed by atoms with Gasteiger partial charge in [0.05, 0.1) is 12.3 Å². The summed E-state index contributed by atoms with van der Waals surface area (Å²) in [5.74, 6) is 1.45. The van der Waals surface area contributed by atoms with Gasteiger partial charge in [-0.25, -0.2) is 0 Å². The second kappa shape index (κ2) is 7.37. The summed E-state index contributed by atoms with van der Waals surface area (Å²) < 4.78 is 5.65. The Morgan fingerprint density at radius 2 is 2.05 bits per heavy atom. The van der Waals surface area contributed by atoms with Gasteiger partial charge in [0.1, 0.15) is 11.6 Å². The highest BCUT2D eigenvalue weighted by molar-refractivity contribution is 5.57. The maximum Gasteiger partial charge on any atom is 0.169 e. The normalized spacial score (nSPS) is 14.0. The Bertz CT molecular complexity index is 520. The summed E-state index contributed by atoms with van der Waals surface area (Å²) in [4.78, 5) is 1.97. The number of hydrogen-bond donors (Lipinski definition) is 0. The fourth-order valence-corrected chi connectivity index (χ4v) is 2.39. The second-order valence-corrected chi connectivity index (χ2v) is 5.58. The number of nitriles is 1. The van der Waals surface area contributed by atoms with Gasteiger partial charge in [0.15, 0.2) is 5.82 Å². The SMILES string of the molecule is CCc1nnc(N(C)CCOCC2CC2)c(C#N)c1CC. The fourth-order valence-electron chi connectivity index (χ4n) is 2.39. The molecule has 0 atom stereocenters. The summed E-state index contributed by atoms with van der Waals surface area (Å²) in [6.07, 6.45) is 4.22. The molecule has 1 fully saturated rings. The molecule has 1 aromatic rings. The molecule has 0 saturated heterocycles. The van der Waals surface area contributed by atoms with Crippen LogP contribution in [0.3, 0.4) is 0 Å². The van der Waals surface area contributed by atoms with Gasteiger partial charge in [0.25, 0.3) is 0 Å². The third-order valence-corrected chi connectivity index (χ3v) is 3.92. The van der Waals surface area contributed by atoms with Crippen LogP contribution in [0.15, 0.2) is 0 Å². The van der Waals surface area contributed by atoms with Crippen molar-refractivity contribution in [3.05, 3.63) is 16.8 Å². The third-order valence-electron chi connectivity index (χ3n) is 3.92. The van der Waals surface area contributed by atoms with E-state index in [1.54, 1.807) is 0 Å². The molecule has 114 valence electrons. The van der Waals surface area contributed by atoms with Crippen LogP contribution < -0.4 is 4.90 Å². The second-order valence-electron chi connectivity index (χ2n) is 5.58. The topological polar surface area (TPSA) is 62.0 Å². The minimum absolute atomic E-state index is 0.661. The highest BCUT2D eigenvalue weighted by Crippen LogP contribution is 2.28. The van der Waals surface area contributed by atoms with Gasteiger partial charge < -0.3 is 9.64 Å². The fraction of sp³-hybridized carbons (Fsp3) is 0.688. The van der Waals surface area contributed by atoms with Crippen LogP contribution in [-0.2, 0) is 17.6 Å². The quantitative estimate of drug-likeness (QED) is 0.687. The number of anilines is 1. The molecular formula is C16H24N4O. The lowest BCUT2D eigenvalue weighted by Gasteiger charge is -2.20. The first kappa shape index (κ1) is 15.7. The molecule has 0 spiro atoms. The molecule has 0 aliphatic heterocycles. The van der Waals surface area contributed by atoms with Gasteiger partial charge in [-0.2, -0.15) is 10.4 Å². The third kappa shape index (κ3) is 3.92. The van der Waals surface area contributed by atoms with Gasteiger partial charge in [-0.1, -0.05) is 13.8 Å². The van der Waals surface area contributed by atoms with Gasteiger partial charge in [0, 0.05) is 20.2 Å². The molecule has 0 N–H and O–H groups in total. The number of aromatic nitrogens is 2. The van der Waals surface area contributed by atoms with Gasteiger partial charge in [-0.3, -0.25) is 0 Å². The van der Waals surface area contributed by atoms with E-state index in [-0.39, 0.29) is 0 Å². The zero-order valence-corrected chi connectivity index (χ0v) is 13.2. The zero-order valence-electron chi connectivity index (χ0n) is 13.2. The van der Waals surface area contributed by atoms with Crippen LogP contribution in [0, 0.1) is 17.2 Å². The van der Waals surface area contributed by atoms with Crippen molar-refractivity contribution in [2.24, 2.45) is 5.92 Å². The van der Waals surface area contributed by atoms with Crippen molar-refractivity contribution in [3.63, 3.8) is 0 Å². The number of ether oxygens (including phenoxy) is 1. The standard InChI is InChI=1S/C16H24N4O/c1-4-13-14(10-17)16(19-18-15(13)5-2)20(3)8-9-21-11-12-6-7-12/h12H,4-9,11H2,1-3H3. The first-order valence-corrected chi connectivity index (χ1v) is 7.78. The molecule has 21 heavy (non-hydrogen) atoms. The van der Waals surface area contributed by atoms with E-state index in [1.165, 1.54) is 12.8 Å². The van der Waals surface area contributed by atoms with Crippen molar-refractivity contribution in [3.8, 4) is 6.07 Å². The van der Waals surface area contributed by atoms with Crippen LogP contribution >= 0.6 is 0 Å². The molecule has 0 aromatic carbocycles.